The van der Waals surface area contributed by atoms with Crippen LogP contribution in [0.5, 0.6) is 0 Å². The summed E-state index contributed by atoms with van der Waals surface area (Å²) in [5.41, 5.74) is 2.27. The number of hydrogen-bond acceptors (Lipinski definition) is 2. The monoisotopic (exact) mass is 203 g/mol. The van der Waals surface area contributed by atoms with E-state index in [-0.39, 0.29) is 0 Å². The molecule has 0 bridgehead atoms. The second-order valence-corrected chi connectivity index (χ2v) is 3.58. The van der Waals surface area contributed by atoms with Crippen molar-refractivity contribution in [3.05, 3.63) is 42.5 Å². The minimum Gasteiger partial charge on any atom is -0.317 e. The summed E-state index contributed by atoms with van der Waals surface area (Å²) in [6.45, 7) is 9.68. The predicted octanol–water partition coefficient (Wildman–Crippen LogP) is 2.74. The topological polar surface area (TPSA) is 30.7 Å². The average Bonchev–Trinajstić information content (AvgIpc) is 2.58. The van der Waals surface area contributed by atoms with Gasteiger partial charge in [0.1, 0.15) is 6.33 Å². The van der Waals surface area contributed by atoms with Crippen LogP contribution in [0.25, 0.3) is 6.08 Å². The zero-order valence-corrected chi connectivity index (χ0v) is 9.40. The van der Waals surface area contributed by atoms with Crippen LogP contribution in [0.1, 0.15) is 25.6 Å². The lowest BCUT2D eigenvalue weighted by Crippen LogP contribution is -1.92. The number of nitrogens with zero attached hydrogens (tertiary/aromatic N) is 3. The molecule has 15 heavy (non-hydrogen) atoms. The van der Waals surface area contributed by atoms with Crippen molar-refractivity contribution in [2.24, 2.45) is 7.05 Å². The third kappa shape index (κ3) is 3.20. The van der Waals surface area contributed by atoms with Crippen LogP contribution in [0, 0.1) is 0 Å². The Morgan fingerprint density at radius 2 is 2.33 bits per heavy atom. The van der Waals surface area contributed by atoms with Gasteiger partial charge >= 0.3 is 0 Å². The summed E-state index contributed by atoms with van der Waals surface area (Å²) in [6, 6.07) is 0. The van der Waals surface area contributed by atoms with Gasteiger partial charge in [0.15, 0.2) is 5.82 Å². The van der Waals surface area contributed by atoms with Crippen molar-refractivity contribution in [3.63, 3.8) is 0 Å². The molecule has 1 aromatic heterocycles. The molecular weight excluding hydrogens is 186 g/mol. The summed E-state index contributed by atoms with van der Waals surface area (Å²) in [5.74, 6) is 0.858. The number of hydrogen-bond donors (Lipinski definition) is 0. The normalized spacial score (nSPS) is 11.5. The van der Waals surface area contributed by atoms with Gasteiger partial charge in [0, 0.05) is 7.05 Å². The van der Waals surface area contributed by atoms with Crippen LogP contribution in [0.2, 0.25) is 0 Å². The van der Waals surface area contributed by atoms with Gasteiger partial charge in [0.05, 0.1) is 0 Å². The van der Waals surface area contributed by atoms with E-state index in [1.165, 1.54) is 5.57 Å². The Hall–Kier alpha value is -1.64. The first-order valence-electron chi connectivity index (χ1n) is 4.96. The Kier molecular flexibility index (Phi) is 4.03. The number of rotatable bonds is 5. The van der Waals surface area contributed by atoms with Gasteiger partial charge in [-0.3, -0.25) is 0 Å². The second kappa shape index (κ2) is 5.29. The van der Waals surface area contributed by atoms with Crippen LogP contribution in [0.15, 0.2) is 36.7 Å². The number of aryl methyl sites for hydroxylation is 1. The van der Waals surface area contributed by atoms with E-state index >= 15 is 0 Å². The molecule has 0 spiro atoms. The molecule has 3 heteroatoms. The Balaban J connectivity index is 2.88. The minimum absolute atomic E-state index is 0.858. The predicted molar refractivity (Wildman–Crippen MR) is 63.2 cm³/mol. The maximum Gasteiger partial charge on any atom is 0.156 e. The molecule has 0 aromatic carbocycles. The third-order valence-corrected chi connectivity index (χ3v) is 2.22. The zero-order chi connectivity index (χ0) is 11.3. The van der Waals surface area contributed by atoms with Crippen molar-refractivity contribution in [3.8, 4) is 0 Å². The number of allylic oxidation sites excluding steroid dienone is 3. The highest BCUT2D eigenvalue weighted by molar-refractivity contribution is 5.52. The lowest BCUT2D eigenvalue weighted by molar-refractivity contribution is 0.891. The van der Waals surface area contributed by atoms with Gasteiger partial charge in [0.25, 0.3) is 0 Å². The highest BCUT2D eigenvalue weighted by Gasteiger charge is 2.01. The fraction of sp³-hybridized carbons (Fsp3) is 0.333. The molecule has 0 fully saturated rings. The van der Waals surface area contributed by atoms with Gasteiger partial charge in [-0.25, -0.2) is 0 Å². The Morgan fingerprint density at radius 1 is 1.60 bits per heavy atom. The van der Waals surface area contributed by atoms with E-state index < -0.39 is 0 Å². The first kappa shape index (κ1) is 11.4. The fourth-order valence-corrected chi connectivity index (χ4v) is 1.24. The summed E-state index contributed by atoms with van der Waals surface area (Å²) in [5, 5.41) is 7.85. The molecule has 0 aliphatic heterocycles. The van der Waals surface area contributed by atoms with Crippen LogP contribution < -0.4 is 0 Å². The van der Waals surface area contributed by atoms with Gasteiger partial charge in [0.2, 0.25) is 0 Å². The lowest BCUT2D eigenvalue weighted by atomic mass is 10.0. The smallest absolute Gasteiger partial charge is 0.156 e. The molecule has 1 aromatic rings. The third-order valence-electron chi connectivity index (χ3n) is 2.22. The van der Waals surface area contributed by atoms with Gasteiger partial charge in [-0.1, -0.05) is 18.2 Å². The maximum atomic E-state index is 4.02. The van der Waals surface area contributed by atoms with E-state index in [1.807, 2.05) is 30.7 Å². The molecule has 0 unspecified atom stereocenters. The van der Waals surface area contributed by atoms with E-state index in [0.717, 1.165) is 24.2 Å². The van der Waals surface area contributed by atoms with Crippen molar-refractivity contribution in [1.82, 2.24) is 14.8 Å². The number of aromatic nitrogens is 3. The summed E-state index contributed by atoms with van der Waals surface area (Å²) >= 11 is 0. The summed E-state index contributed by atoms with van der Waals surface area (Å²) in [6.07, 6.45) is 7.53. The minimum atomic E-state index is 0.858. The second-order valence-electron chi connectivity index (χ2n) is 3.58. The van der Waals surface area contributed by atoms with Gasteiger partial charge in [-0.05, 0) is 31.4 Å². The van der Waals surface area contributed by atoms with Gasteiger partial charge in [-0.15, -0.1) is 16.8 Å². The molecule has 0 aliphatic rings. The van der Waals surface area contributed by atoms with Crippen molar-refractivity contribution in [2.45, 2.75) is 19.8 Å². The van der Waals surface area contributed by atoms with Gasteiger partial charge < -0.3 is 4.57 Å². The van der Waals surface area contributed by atoms with E-state index in [1.54, 1.807) is 6.33 Å². The largest absolute Gasteiger partial charge is 0.317 e. The molecule has 0 N–H and O–H groups in total. The summed E-state index contributed by atoms with van der Waals surface area (Å²) < 4.78 is 1.89. The van der Waals surface area contributed by atoms with Crippen molar-refractivity contribution in [1.29, 1.82) is 0 Å². The first-order chi connectivity index (χ1) is 7.15. The van der Waals surface area contributed by atoms with Crippen molar-refractivity contribution >= 4 is 6.08 Å². The highest BCUT2D eigenvalue weighted by atomic mass is 15.2. The molecular formula is C12H17N3. The van der Waals surface area contributed by atoms with E-state index in [4.69, 9.17) is 0 Å². The quantitative estimate of drug-likeness (QED) is 0.544. The standard InChI is InChI=1S/C12H17N3/c1-5-6-7-11(10(2)3)8-12-14-13-9-15(12)4/h5,8-9H,1-2,6-7H2,3-4H3/b11-8-. The molecule has 0 amide bonds. The first-order valence-corrected chi connectivity index (χ1v) is 4.96. The molecule has 0 radical (unpaired) electrons. The molecule has 1 heterocycles. The maximum absolute atomic E-state index is 4.02. The Morgan fingerprint density at radius 3 is 2.80 bits per heavy atom. The van der Waals surface area contributed by atoms with E-state index in [2.05, 4.69) is 23.4 Å². The Bertz CT molecular complexity index is 385. The van der Waals surface area contributed by atoms with Crippen molar-refractivity contribution < 1.29 is 0 Å². The van der Waals surface area contributed by atoms with Crippen molar-refractivity contribution in [2.75, 3.05) is 0 Å². The summed E-state index contributed by atoms with van der Waals surface area (Å²) in [4.78, 5) is 0. The van der Waals surface area contributed by atoms with Crippen LogP contribution >= 0.6 is 0 Å². The van der Waals surface area contributed by atoms with E-state index in [9.17, 15) is 0 Å². The van der Waals surface area contributed by atoms with E-state index in [0.29, 0.717) is 0 Å². The zero-order valence-electron chi connectivity index (χ0n) is 9.40. The van der Waals surface area contributed by atoms with Crippen LogP contribution in [0.4, 0.5) is 0 Å². The SMILES string of the molecule is C=CCC/C(=C/c1nncn1C)C(=C)C. The van der Waals surface area contributed by atoms with Gasteiger partial charge in [-0.2, -0.15) is 0 Å². The molecule has 0 saturated carbocycles. The molecule has 1 rings (SSSR count). The molecule has 0 saturated heterocycles. The lowest BCUT2D eigenvalue weighted by Gasteiger charge is -2.04. The summed E-state index contributed by atoms with van der Waals surface area (Å²) in [7, 11) is 1.93. The molecule has 3 nitrogen and oxygen atoms in total. The fourth-order valence-electron chi connectivity index (χ4n) is 1.24. The molecule has 0 atom stereocenters. The van der Waals surface area contributed by atoms with Crippen LogP contribution in [-0.4, -0.2) is 14.8 Å². The van der Waals surface area contributed by atoms with Crippen LogP contribution in [0.3, 0.4) is 0 Å². The van der Waals surface area contributed by atoms with Crippen LogP contribution in [-0.2, 0) is 7.05 Å². The Labute approximate surface area is 90.8 Å². The average molecular weight is 203 g/mol. The highest BCUT2D eigenvalue weighted by Crippen LogP contribution is 2.17. The molecule has 0 aliphatic carbocycles. The molecule has 80 valence electrons.